The van der Waals surface area contributed by atoms with E-state index in [0.717, 1.165) is 47.6 Å². The summed E-state index contributed by atoms with van der Waals surface area (Å²) < 4.78 is 5.32. The Kier molecular flexibility index (Phi) is 4.71. The van der Waals surface area contributed by atoms with Gasteiger partial charge >= 0.3 is 6.03 Å². The van der Waals surface area contributed by atoms with Crippen molar-refractivity contribution in [2.75, 3.05) is 24.3 Å². The number of fused-ring (bicyclic) bond motifs is 1. The molecule has 2 N–H and O–H groups in total. The number of nitrogens with zero attached hydrogens (tertiary/aromatic N) is 1. The fourth-order valence-corrected chi connectivity index (χ4v) is 3.86. The zero-order valence-corrected chi connectivity index (χ0v) is 15.3. The number of hydrogen-bond acceptors (Lipinski definition) is 3. The molecule has 0 saturated carbocycles. The monoisotopic (exact) mass is 365 g/mol. The van der Waals surface area contributed by atoms with Crippen LogP contribution in [0.15, 0.2) is 42.5 Å². The van der Waals surface area contributed by atoms with Gasteiger partial charge in [0.1, 0.15) is 5.75 Å². The molecule has 3 amide bonds. The van der Waals surface area contributed by atoms with Crippen LogP contribution in [0.2, 0.25) is 0 Å². The molecule has 0 spiro atoms. The maximum atomic E-state index is 12.9. The molecule has 6 heteroatoms. The summed E-state index contributed by atoms with van der Waals surface area (Å²) in [5.41, 5.74) is 3.74. The number of ether oxygens (including phenoxy) is 1. The van der Waals surface area contributed by atoms with E-state index in [1.807, 2.05) is 47.4 Å². The van der Waals surface area contributed by atoms with E-state index in [4.69, 9.17) is 4.74 Å². The summed E-state index contributed by atoms with van der Waals surface area (Å²) >= 11 is 0. The van der Waals surface area contributed by atoms with E-state index in [-0.39, 0.29) is 18.0 Å². The Balaban J connectivity index is 1.49. The van der Waals surface area contributed by atoms with Gasteiger partial charge in [-0.15, -0.1) is 0 Å². The first-order valence-electron chi connectivity index (χ1n) is 9.28. The summed E-state index contributed by atoms with van der Waals surface area (Å²) in [6.07, 6.45) is 3.10. The fraction of sp³-hybridized carbons (Fsp3) is 0.333. The molecule has 1 atom stereocenters. The van der Waals surface area contributed by atoms with Crippen LogP contribution in [0.4, 0.5) is 16.2 Å². The molecule has 0 aliphatic carbocycles. The normalized spacial score (nSPS) is 18.6. The van der Waals surface area contributed by atoms with Crippen LogP contribution in [0.25, 0.3) is 0 Å². The average Bonchev–Trinajstić information content (AvgIpc) is 3.18. The van der Waals surface area contributed by atoms with Crippen molar-refractivity contribution in [2.45, 2.75) is 31.7 Å². The van der Waals surface area contributed by atoms with Gasteiger partial charge in [0.25, 0.3) is 0 Å². The second-order valence-corrected chi connectivity index (χ2v) is 6.98. The molecule has 27 heavy (non-hydrogen) atoms. The molecule has 2 aromatic carbocycles. The molecule has 2 aromatic rings. The van der Waals surface area contributed by atoms with E-state index in [1.54, 1.807) is 7.11 Å². The number of nitrogens with one attached hydrogen (secondary N) is 2. The quantitative estimate of drug-likeness (QED) is 0.865. The SMILES string of the molecule is COc1cccc([C@H]2CCCN2C(=O)Nc2ccc3c(c2)CCC(=O)N3)c1. The fourth-order valence-electron chi connectivity index (χ4n) is 3.86. The Morgan fingerprint density at radius 3 is 2.96 bits per heavy atom. The molecular formula is C21H23N3O3. The summed E-state index contributed by atoms with van der Waals surface area (Å²) in [4.78, 5) is 26.3. The highest BCUT2D eigenvalue weighted by atomic mass is 16.5. The first kappa shape index (κ1) is 17.4. The third-order valence-electron chi connectivity index (χ3n) is 5.24. The Morgan fingerprint density at radius 2 is 2.11 bits per heavy atom. The minimum atomic E-state index is -0.0971. The number of carbonyl (C=O) groups is 2. The van der Waals surface area contributed by atoms with Gasteiger partial charge in [0.15, 0.2) is 0 Å². The van der Waals surface area contributed by atoms with Crippen molar-refractivity contribution in [1.82, 2.24) is 4.90 Å². The zero-order valence-electron chi connectivity index (χ0n) is 15.3. The highest BCUT2D eigenvalue weighted by Crippen LogP contribution is 2.34. The second-order valence-electron chi connectivity index (χ2n) is 6.98. The maximum Gasteiger partial charge on any atom is 0.322 e. The Bertz CT molecular complexity index is 881. The summed E-state index contributed by atoms with van der Waals surface area (Å²) in [6, 6.07) is 13.5. The average molecular weight is 365 g/mol. The number of carbonyl (C=O) groups excluding carboxylic acids is 2. The number of rotatable bonds is 3. The molecule has 0 aromatic heterocycles. The van der Waals surface area contributed by atoms with Crippen molar-refractivity contribution in [2.24, 2.45) is 0 Å². The van der Waals surface area contributed by atoms with Crippen molar-refractivity contribution in [3.8, 4) is 5.75 Å². The van der Waals surface area contributed by atoms with Crippen molar-refractivity contribution in [3.05, 3.63) is 53.6 Å². The molecular weight excluding hydrogens is 342 g/mol. The molecule has 4 rings (SSSR count). The number of hydrogen-bond donors (Lipinski definition) is 2. The van der Waals surface area contributed by atoms with Gasteiger partial charge in [-0.2, -0.15) is 0 Å². The molecule has 140 valence electrons. The highest BCUT2D eigenvalue weighted by Gasteiger charge is 2.30. The zero-order chi connectivity index (χ0) is 18.8. The van der Waals surface area contributed by atoms with E-state index in [2.05, 4.69) is 10.6 Å². The third-order valence-corrected chi connectivity index (χ3v) is 5.24. The summed E-state index contributed by atoms with van der Waals surface area (Å²) in [7, 11) is 1.65. The van der Waals surface area contributed by atoms with E-state index in [1.165, 1.54) is 0 Å². The predicted octanol–water partition coefficient (Wildman–Crippen LogP) is 3.95. The molecule has 2 aliphatic heterocycles. The summed E-state index contributed by atoms with van der Waals surface area (Å²) in [5, 5.41) is 5.88. The van der Waals surface area contributed by atoms with E-state index < -0.39 is 0 Å². The second kappa shape index (κ2) is 7.31. The van der Waals surface area contributed by atoms with Gasteiger partial charge in [-0.1, -0.05) is 12.1 Å². The number of urea groups is 1. The van der Waals surface area contributed by atoms with E-state index >= 15 is 0 Å². The van der Waals surface area contributed by atoms with Crippen LogP contribution in [0.1, 0.15) is 36.4 Å². The smallest absolute Gasteiger partial charge is 0.322 e. The minimum absolute atomic E-state index is 0.0393. The lowest BCUT2D eigenvalue weighted by atomic mass is 10.0. The minimum Gasteiger partial charge on any atom is -0.497 e. The first-order valence-corrected chi connectivity index (χ1v) is 9.28. The molecule has 1 saturated heterocycles. The largest absolute Gasteiger partial charge is 0.497 e. The lowest BCUT2D eigenvalue weighted by Crippen LogP contribution is -2.34. The maximum absolute atomic E-state index is 12.9. The number of likely N-dealkylation sites (tertiary alicyclic amines) is 1. The number of benzene rings is 2. The van der Waals surface area contributed by atoms with Gasteiger partial charge in [0.05, 0.1) is 13.2 Å². The van der Waals surface area contributed by atoms with Gasteiger partial charge in [0.2, 0.25) is 5.91 Å². The van der Waals surface area contributed by atoms with Crippen molar-refractivity contribution >= 4 is 23.3 Å². The topological polar surface area (TPSA) is 70.7 Å². The van der Waals surface area contributed by atoms with Crippen LogP contribution in [0.3, 0.4) is 0 Å². The van der Waals surface area contributed by atoms with Gasteiger partial charge in [-0.3, -0.25) is 4.79 Å². The predicted molar refractivity (Wildman–Crippen MR) is 104 cm³/mol. The molecule has 6 nitrogen and oxygen atoms in total. The van der Waals surface area contributed by atoms with Gasteiger partial charge in [0, 0.05) is 24.3 Å². The highest BCUT2D eigenvalue weighted by molar-refractivity contribution is 5.95. The van der Waals surface area contributed by atoms with Crippen molar-refractivity contribution in [3.63, 3.8) is 0 Å². The summed E-state index contributed by atoms with van der Waals surface area (Å²) in [6.45, 7) is 0.731. The third kappa shape index (κ3) is 3.60. The molecule has 0 unspecified atom stereocenters. The van der Waals surface area contributed by atoms with Gasteiger partial charge in [-0.05, 0) is 60.7 Å². The lowest BCUT2D eigenvalue weighted by molar-refractivity contribution is -0.116. The summed E-state index contributed by atoms with van der Waals surface area (Å²) in [5.74, 6) is 0.842. The standard InChI is InChI=1S/C21H23N3O3/c1-27-17-5-2-4-15(13-17)19-6-3-11-24(19)21(26)22-16-8-9-18-14(12-16)7-10-20(25)23-18/h2,4-5,8-9,12-13,19H,3,6-7,10-11H2,1H3,(H,22,26)(H,23,25)/t19-/m1/s1. The number of amides is 3. The molecule has 0 radical (unpaired) electrons. The van der Waals surface area contributed by atoms with Crippen LogP contribution >= 0.6 is 0 Å². The molecule has 1 fully saturated rings. The van der Waals surface area contributed by atoms with Crippen LogP contribution in [0, 0.1) is 0 Å². The van der Waals surface area contributed by atoms with E-state index in [9.17, 15) is 9.59 Å². The number of methoxy groups -OCH3 is 1. The Labute approximate surface area is 158 Å². The van der Waals surface area contributed by atoms with Crippen molar-refractivity contribution < 1.29 is 14.3 Å². The van der Waals surface area contributed by atoms with Crippen molar-refractivity contribution in [1.29, 1.82) is 0 Å². The Morgan fingerprint density at radius 1 is 1.22 bits per heavy atom. The van der Waals surface area contributed by atoms with Crippen LogP contribution < -0.4 is 15.4 Å². The van der Waals surface area contributed by atoms with Gasteiger partial charge in [-0.25, -0.2) is 4.79 Å². The lowest BCUT2D eigenvalue weighted by Gasteiger charge is -2.26. The van der Waals surface area contributed by atoms with Crippen LogP contribution in [-0.4, -0.2) is 30.5 Å². The molecule has 2 aliphatic rings. The molecule has 0 bridgehead atoms. The van der Waals surface area contributed by atoms with Gasteiger partial charge < -0.3 is 20.3 Å². The van der Waals surface area contributed by atoms with Crippen LogP contribution in [-0.2, 0) is 11.2 Å². The number of aryl methyl sites for hydroxylation is 1. The number of anilines is 2. The first-order chi connectivity index (χ1) is 13.1. The van der Waals surface area contributed by atoms with Crippen LogP contribution in [0.5, 0.6) is 5.75 Å². The Hall–Kier alpha value is -3.02. The van der Waals surface area contributed by atoms with E-state index in [0.29, 0.717) is 12.8 Å². The molecule has 2 heterocycles.